The van der Waals surface area contributed by atoms with Crippen LogP contribution < -0.4 is 21.3 Å². The molecule has 4 aromatic rings. The minimum Gasteiger partial charge on any atom is -0.365 e. The van der Waals surface area contributed by atoms with Crippen LogP contribution in [-0.4, -0.2) is 130 Å². The van der Waals surface area contributed by atoms with Gasteiger partial charge in [0.25, 0.3) is 0 Å². The SMILES string of the molecule is CCNC(=O)[C@@H]1CC[C@H](n2cnc3c(NC4CCN(C(=O)N5CC[C@@H](Nc6nc(Cl)nc7c6ncn7[C@H]6CC[C@@H](C(=O)NCC)O6)C5)CC4)nc(Cl)nc32)O1. The molecule has 19 nitrogen and oxygen atoms in total. The number of nitrogens with zero attached hydrogens (tertiary/aromatic N) is 10. The molecule has 0 aromatic carbocycles. The second-order valence-corrected chi connectivity index (χ2v) is 14.9. The molecule has 0 radical (unpaired) electrons. The first-order chi connectivity index (χ1) is 26.7. The largest absolute Gasteiger partial charge is 0.365 e. The number of likely N-dealkylation sites (N-methyl/N-ethyl adjacent to an activating group) is 2. The Morgan fingerprint density at radius 2 is 1.15 bits per heavy atom. The Hall–Kier alpha value is -4.59. The van der Waals surface area contributed by atoms with Crippen LogP contribution in [0.2, 0.25) is 10.6 Å². The number of fused-ring (bicyclic) bond motifs is 2. The minimum atomic E-state index is -0.532. The molecular formula is C34H44Cl2N14O5. The summed E-state index contributed by atoms with van der Waals surface area (Å²) in [7, 11) is 0. The van der Waals surface area contributed by atoms with E-state index in [1.165, 1.54) is 0 Å². The predicted octanol–water partition coefficient (Wildman–Crippen LogP) is 3.08. The number of aromatic nitrogens is 8. The standard InChI is InChI=1S/C34H44Cl2N14O5/c1-3-37-30(51)20-5-7-22(54-20)49-16-39-24-26(43-32(35)45-28(24)49)41-18-9-12-47(13-10-18)34(53)48-14-11-19(15-48)42-27-25-29(46-33(36)44-27)50(17-40-25)23-8-6-21(55-23)31(52)38-4-2/h16-23H,3-15H2,1-2H3,(H,37,51)(H,38,52)(H,41,43,45)(H,42,44,46)/t19-,20+,21+,22-,23-/m1/s1. The number of amides is 4. The van der Waals surface area contributed by atoms with Gasteiger partial charge in [-0.2, -0.15) is 19.9 Å². The van der Waals surface area contributed by atoms with Gasteiger partial charge in [-0.1, -0.05) is 0 Å². The van der Waals surface area contributed by atoms with Crippen LogP contribution in [0.5, 0.6) is 0 Å². The average Bonchev–Trinajstić information content (AvgIpc) is 4.02. The van der Waals surface area contributed by atoms with E-state index in [-0.39, 0.29) is 40.5 Å². The Labute approximate surface area is 326 Å². The fraction of sp³-hybridized carbons (Fsp3) is 0.618. The molecule has 294 valence electrons. The topological polar surface area (TPSA) is 211 Å². The maximum atomic E-state index is 13.7. The lowest BCUT2D eigenvalue weighted by atomic mass is 10.1. The lowest BCUT2D eigenvalue weighted by Gasteiger charge is -2.35. The maximum Gasteiger partial charge on any atom is 0.320 e. The first-order valence-electron chi connectivity index (χ1n) is 18.9. The molecule has 4 aromatic heterocycles. The van der Waals surface area contributed by atoms with E-state index in [9.17, 15) is 14.4 Å². The molecule has 0 bridgehead atoms. The van der Waals surface area contributed by atoms with E-state index < -0.39 is 24.7 Å². The minimum absolute atomic E-state index is 0.00774. The van der Waals surface area contributed by atoms with Crippen molar-refractivity contribution in [3.8, 4) is 0 Å². The third-order valence-corrected chi connectivity index (χ3v) is 10.9. The molecular weight excluding hydrogens is 755 g/mol. The molecule has 0 aliphatic carbocycles. The highest BCUT2D eigenvalue weighted by molar-refractivity contribution is 6.29. The Morgan fingerprint density at radius 1 is 0.673 bits per heavy atom. The van der Waals surface area contributed by atoms with Gasteiger partial charge in [-0.15, -0.1) is 0 Å². The molecule has 4 saturated heterocycles. The Bertz CT molecular complexity index is 2070. The number of imidazole rings is 2. The van der Waals surface area contributed by atoms with Crippen molar-refractivity contribution < 1.29 is 23.9 Å². The monoisotopic (exact) mass is 798 g/mol. The maximum absolute atomic E-state index is 13.7. The van der Waals surface area contributed by atoms with Gasteiger partial charge < -0.3 is 40.5 Å². The van der Waals surface area contributed by atoms with E-state index in [0.717, 1.165) is 6.42 Å². The van der Waals surface area contributed by atoms with Gasteiger partial charge in [-0.05, 0) is 82.0 Å². The summed E-state index contributed by atoms with van der Waals surface area (Å²) in [6, 6.07) is -0.0299. The number of nitrogens with one attached hydrogen (secondary N) is 4. The number of urea groups is 1. The fourth-order valence-electron chi connectivity index (χ4n) is 7.87. The van der Waals surface area contributed by atoms with Crippen molar-refractivity contribution in [3.63, 3.8) is 0 Å². The van der Waals surface area contributed by atoms with E-state index in [0.29, 0.717) is 112 Å². The van der Waals surface area contributed by atoms with Crippen LogP contribution in [0.15, 0.2) is 12.7 Å². The summed E-state index contributed by atoms with van der Waals surface area (Å²) in [6.07, 6.45) is 6.04. The van der Waals surface area contributed by atoms with Gasteiger partial charge in [-0.3, -0.25) is 18.7 Å². The number of hydrogen-bond acceptors (Lipinski definition) is 13. The van der Waals surface area contributed by atoms with Crippen molar-refractivity contribution >= 4 is 75.0 Å². The fourth-order valence-corrected chi connectivity index (χ4v) is 8.20. The van der Waals surface area contributed by atoms with Crippen molar-refractivity contribution in [3.05, 3.63) is 23.2 Å². The Kier molecular flexibility index (Phi) is 10.8. The number of carbonyl (C=O) groups is 3. The van der Waals surface area contributed by atoms with Crippen LogP contribution in [0, 0.1) is 0 Å². The second kappa shape index (κ2) is 15.9. The third-order valence-electron chi connectivity index (χ3n) is 10.6. The molecule has 4 aliphatic heterocycles. The molecule has 0 unspecified atom stereocenters. The van der Waals surface area contributed by atoms with Gasteiger partial charge in [0.05, 0.1) is 12.7 Å². The highest BCUT2D eigenvalue weighted by atomic mass is 35.5. The number of halogens is 2. The molecule has 21 heteroatoms. The molecule has 55 heavy (non-hydrogen) atoms. The van der Waals surface area contributed by atoms with Crippen molar-refractivity contribution in [2.75, 3.05) is 49.9 Å². The number of piperidine rings is 1. The molecule has 4 amide bonds. The molecule has 5 atom stereocenters. The molecule has 4 fully saturated rings. The zero-order valence-corrected chi connectivity index (χ0v) is 32.1. The van der Waals surface area contributed by atoms with E-state index in [1.54, 1.807) is 21.8 Å². The molecule has 0 spiro atoms. The predicted molar refractivity (Wildman–Crippen MR) is 202 cm³/mol. The molecule has 4 aliphatic rings. The highest BCUT2D eigenvalue weighted by Crippen LogP contribution is 2.34. The zero-order chi connectivity index (χ0) is 38.2. The average molecular weight is 800 g/mol. The van der Waals surface area contributed by atoms with Crippen LogP contribution in [0.1, 0.15) is 71.2 Å². The summed E-state index contributed by atoms with van der Waals surface area (Å²) < 4.78 is 15.7. The van der Waals surface area contributed by atoms with Crippen molar-refractivity contribution in [1.82, 2.24) is 59.5 Å². The number of rotatable bonds is 10. The quantitative estimate of drug-likeness (QED) is 0.170. The summed E-state index contributed by atoms with van der Waals surface area (Å²) in [5.41, 5.74) is 2.15. The number of likely N-dealkylation sites (tertiary alicyclic amines) is 2. The van der Waals surface area contributed by atoms with E-state index >= 15 is 0 Å². The van der Waals surface area contributed by atoms with Gasteiger partial charge in [-0.25, -0.2) is 14.8 Å². The summed E-state index contributed by atoms with van der Waals surface area (Å²) in [4.78, 5) is 69.0. The lowest BCUT2D eigenvalue weighted by molar-refractivity contribution is -0.134. The number of ether oxygens (including phenoxy) is 2. The summed E-state index contributed by atoms with van der Waals surface area (Å²) in [5.74, 6) is 0.753. The van der Waals surface area contributed by atoms with Gasteiger partial charge in [0.1, 0.15) is 24.7 Å². The molecule has 0 saturated carbocycles. The van der Waals surface area contributed by atoms with E-state index in [1.807, 2.05) is 23.6 Å². The van der Waals surface area contributed by atoms with Crippen molar-refractivity contribution in [2.45, 2.75) is 95.5 Å². The molecule has 8 rings (SSSR count). The first kappa shape index (κ1) is 37.3. The van der Waals surface area contributed by atoms with Crippen molar-refractivity contribution in [2.24, 2.45) is 0 Å². The summed E-state index contributed by atoms with van der Waals surface area (Å²) in [6.45, 7) is 7.06. The van der Waals surface area contributed by atoms with Gasteiger partial charge in [0.15, 0.2) is 34.0 Å². The van der Waals surface area contributed by atoms with Gasteiger partial charge in [0, 0.05) is 51.4 Å². The highest BCUT2D eigenvalue weighted by Gasteiger charge is 2.36. The normalized spacial score (nSPS) is 24.5. The second-order valence-electron chi connectivity index (χ2n) is 14.2. The van der Waals surface area contributed by atoms with Crippen LogP contribution in [-0.2, 0) is 19.1 Å². The number of anilines is 2. The van der Waals surface area contributed by atoms with Crippen LogP contribution in [0.25, 0.3) is 22.3 Å². The van der Waals surface area contributed by atoms with Gasteiger partial charge in [0.2, 0.25) is 22.4 Å². The smallest absolute Gasteiger partial charge is 0.320 e. The summed E-state index contributed by atoms with van der Waals surface area (Å²) in [5, 5.41) is 12.7. The van der Waals surface area contributed by atoms with Gasteiger partial charge >= 0.3 is 6.03 Å². The summed E-state index contributed by atoms with van der Waals surface area (Å²) >= 11 is 12.8. The number of hydrogen-bond donors (Lipinski definition) is 4. The lowest BCUT2D eigenvalue weighted by Crippen LogP contribution is -2.48. The van der Waals surface area contributed by atoms with Crippen LogP contribution in [0.4, 0.5) is 16.4 Å². The zero-order valence-electron chi connectivity index (χ0n) is 30.6. The van der Waals surface area contributed by atoms with Crippen molar-refractivity contribution in [1.29, 1.82) is 0 Å². The van der Waals surface area contributed by atoms with E-state index in [4.69, 9.17) is 32.7 Å². The first-order valence-corrected chi connectivity index (χ1v) is 19.7. The Morgan fingerprint density at radius 3 is 1.65 bits per heavy atom. The van der Waals surface area contributed by atoms with Crippen LogP contribution >= 0.6 is 23.2 Å². The van der Waals surface area contributed by atoms with E-state index in [2.05, 4.69) is 51.2 Å². The number of carbonyl (C=O) groups excluding carboxylic acids is 3. The molecule has 8 heterocycles. The van der Waals surface area contributed by atoms with Crippen LogP contribution in [0.3, 0.4) is 0 Å². The molecule has 4 N–H and O–H groups in total. The third kappa shape index (κ3) is 7.66. The Balaban J connectivity index is 0.855.